The van der Waals surface area contributed by atoms with Crippen LogP contribution >= 0.6 is 0 Å². The van der Waals surface area contributed by atoms with Gasteiger partial charge in [-0.3, -0.25) is 14.4 Å². The molecule has 1 saturated carbocycles. The number of carbonyl (C=O) groups excluding carboxylic acids is 1. The van der Waals surface area contributed by atoms with Crippen LogP contribution in [0.5, 0.6) is 0 Å². The van der Waals surface area contributed by atoms with Crippen LogP contribution in [-0.4, -0.2) is 64.4 Å². The Bertz CT molecular complexity index is 568. The lowest BCUT2D eigenvalue weighted by molar-refractivity contribution is -0.142. The lowest BCUT2D eigenvalue weighted by Gasteiger charge is -2.24. The number of ether oxygens (including phenoxy) is 1. The van der Waals surface area contributed by atoms with Gasteiger partial charge >= 0.3 is 0 Å². The highest BCUT2D eigenvalue weighted by atomic mass is 16.5. The second kappa shape index (κ2) is 8.32. The van der Waals surface area contributed by atoms with Crippen molar-refractivity contribution in [1.29, 1.82) is 0 Å². The first kappa shape index (κ1) is 18.4. The molecule has 1 amide bonds. The lowest BCUT2D eigenvalue weighted by Crippen LogP contribution is -2.41. The van der Waals surface area contributed by atoms with Crippen molar-refractivity contribution >= 4 is 5.91 Å². The summed E-state index contributed by atoms with van der Waals surface area (Å²) >= 11 is 0. The Labute approximate surface area is 151 Å². The number of hydrogen-bond acceptors (Lipinski definition) is 4. The number of aromatic nitrogens is 2. The Hall–Kier alpha value is -1.40. The third-order valence-corrected chi connectivity index (χ3v) is 5.12. The van der Waals surface area contributed by atoms with Gasteiger partial charge in [-0.25, -0.2) is 0 Å². The summed E-state index contributed by atoms with van der Waals surface area (Å²) in [6, 6.07) is 0.392. The Morgan fingerprint density at radius 2 is 2.04 bits per heavy atom. The van der Waals surface area contributed by atoms with E-state index < -0.39 is 0 Å². The number of amides is 1. The molecular weight excluding hydrogens is 316 g/mol. The maximum absolute atomic E-state index is 12.6. The van der Waals surface area contributed by atoms with Gasteiger partial charge in [-0.2, -0.15) is 5.10 Å². The fourth-order valence-corrected chi connectivity index (χ4v) is 3.24. The van der Waals surface area contributed by atoms with E-state index in [1.807, 2.05) is 22.7 Å². The molecule has 140 valence electrons. The highest BCUT2D eigenvalue weighted by Gasteiger charge is 2.27. The standard InChI is InChI=1S/C19H32N4O2/c1-15(2)23-13-18(11-20-23)12-21-7-4-8-22(10-9-21)19(24)16(3)25-14-17-5-6-17/h11,13,15-17H,4-10,12,14H2,1-3H3. The van der Waals surface area contributed by atoms with Crippen LogP contribution < -0.4 is 0 Å². The molecule has 2 fully saturated rings. The molecule has 1 aromatic rings. The van der Waals surface area contributed by atoms with E-state index in [-0.39, 0.29) is 12.0 Å². The SMILES string of the molecule is CC(OCC1CC1)C(=O)N1CCCN(Cc2cnn(C(C)C)c2)CC1. The van der Waals surface area contributed by atoms with Crippen LogP contribution in [0.4, 0.5) is 0 Å². The molecule has 1 unspecified atom stereocenters. The van der Waals surface area contributed by atoms with Gasteiger partial charge in [0.1, 0.15) is 6.10 Å². The molecule has 0 aromatic carbocycles. The Kier molecular flexibility index (Phi) is 6.12. The Morgan fingerprint density at radius 1 is 1.24 bits per heavy atom. The molecule has 1 atom stereocenters. The molecule has 0 spiro atoms. The number of hydrogen-bond donors (Lipinski definition) is 0. The Morgan fingerprint density at radius 3 is 2.72 bits per heavy atom. The molecule has 25 heavy (non-hydrogen) atoms. The highest BCUT2D eigenvalue weighted by Crippen LogP contribution is 2.29. The largest absolute Gasteiger partial charge is 0.368 e. The molecule has 0 radical (unpaired) electrons. The lowest BCUT2D eigenvalue weighted by atomic mass is 10.3. The van der Waals surface area contributed by atoms with E-state index in [1.165, 1.54) is 18.4 Å². The van der Waals surface area contributed by atoms with Gasteiger partial charge in [0.05, 0.1) is 12.8 Å². The predicted octanol–water partition coefficient (Wildman–Crippen LogP) is 2.31. The highest BCUT2D eigenvalue weighted by molar-refractivity contribution is 5.80. The van der Waals surface area contributed by atoms with Crippen LogP contribution in [0.2, 0.25) is 0 Å². The van der Waals surface area contributed by atoms with E-state index in [2.05, 4.69) is 30.0 Å². The van der Waals surface area contributed by atoms with E-state index in [0.717, 1.165) is 45.8 Å². The third-order valence-electron chi connectivity index (χ3n) is 5.12. The van der Waals surface area contributed by atoms with Crippen LogP contribution in [0.25, 0.3) is 0 Å². The molecule has 2 aliphatic rings. The summed E-state index contributed by atoms with van der Waals surface area (Å²) in [6.45, 7) is 11.4. The van der Waals surface area contributed by atoms with E-state index in [9.17, 15) is 4.79 Å². The zero-order valence-corrected chi connectivity index (χ0v) is 15.9. The normalized spacial score (nSPS) is 20.7. The van der Waals surface area contributed by atoms with Gasteiger partial charge in [-0.1, -0.05) is 0 Å². The van der Waals surface area contributed by atoms with Crippen molar-refractivity contribution in [2.75, 3.05) is 32.8 Å². The van der Waals surface area contributed by atoms with Gasteiger partial charge in [0, 0.05) is 50.5 Å². The van der Waals surface area contributed by atoms with Crippen molar-refractivity contribution in [2.24, 2.45) is 5.92 Å². The third kappa shape index (κ3) is 5.28. The van der Waals surface area contributed by atoms with Crippen molar-refractivity contribution in [1.82, 2.24) is 19.6 Å². The van der Waals surface area contributed by atoms with Crippen molar-refractivity contribution in [3.8, 4) is 0 Å². The minimum atomic E-state index is -0.309. The van der Waals surface area contributed by atoms with Gasteiger partial charge in [0.2, 0.25) is 0 Å². The number of nitrogens with zero attached hydrogens (tertiary/aromatic N) is 4. The van der Waals surface area contributed by atoms with Crippen LogP contribution in [0, 0.1) is 5.92 Å². The second-order valence-corrected chi connectivity index (χ2v) is 7.80. The second-order valence-electron chi connectivity index (χ2n) is 7.80. The van der Waals surface area contributed by atoms with Gasteiger partial charge in [0.15, 0.2) is 0 Å². The predicted molar refractivity (Wildman–Crippen MR) is 97.2 cm³/mol. The molecule has 1 aromatic heterocycles. The van der Waals surface area contributed by atoms with Crippen LogP contribution in [-0.2, 0) is 16.1 Å². The quantitative estimate of drug-likeness (QED) is 0.759. The summed E-state index contributed by atoms with van der Waals surface area (Å²) < 4.78 is 7.76. The summed E-state index contributed by atoms with van der Waals surface area (Å²) in [4.78, 5) is 17.0. The first-order chi connectivity index (χ1) is 12.0. The van der Waals surface area contributed by atoms with Crippen LogP contribution in [0.15, 0.2) is 12.4 Å². The summed E-state index contributed by atoms with van der Waals surface area (Å²) in [6.07, 6.45) is 7.31. The van der Waals surface area contributed by atoms with Crippen molar-refractivity contribution in [3.63, 3.8) is 0 Å². The van der Waals surface area contributed by atoms with E-state index in [0.29, 0.717) is 12.0 Å². The summed E-state index contributed by atoms with van der Waals surface area (Å²) in [5.41, 5.74) is 1.25. The average Bonchev–Trinajstić information content (AvgIpc) is 3.34. The fraction of sp³-hybridized carbons (Fsp3) is 0.789. The van der Waals surface area contributed by atoms with Gasteiger partial charge in [-0.15, -0.1) is 0 Å². The minimum Gasteiger partial charge on any atom is -0.368 e. The summed E-state index contributed by atoms with van der Waals surface area (Å²) in [7, 11) is 0. The van der Waals surface area contributed by atoms with Crippen molar-refractivity contribution in [3.05, 3.63) is 18.0 Å². The van der Waals surface area contributed by atoms with Crippen LogP contribution in [0.1, 0.15) is 51.6 Å². The average molecular weight is 348 g/mol. The van der Waals surface area contributed by atoms with Crippen LogP contribution in [0.3, 0.4) is 0 Å². The molecule has 2 heterocycles. The molecule has 0 bridgehead atoms. The molecule has 1 aliphatic carbocycles. The molecule has 6 heteroatoms. The van der Waals surface area contributed by atoms with Gasteiger partial charge in [-0.05, 0) is 46.0 Å². The smallest absolute Gasteiger partial charge is 0.251 e. The van der Waals surface area contributed by atoms with Crippen molar-refractivity contribution < 1.29 is 9.53 Å². The maximum Gasteiger partial charge on any atom is 0.251 e. The first-order valence-corrected chi connectivity index (χ1v) is 9.68. The van der Waals surface area contributed by atoms with E-state index >= 15 is 0 Å². The molecule has 6 nitrogen and oxygen atoms in total. The fourth-order valence-electron chi connectivity index (χ4n) is 3.24. The molecule has 1 aliphatic heterocycles. The zero-order valence-electron chi connectivity index (χ0n) is 15.9. The zero-order chi connectivity index (χ0) is 17.8. The number of carbonyl (C=O) groups is 1. The molecular formula is C19H32N4O2. The summed E-state index contributed by atoms with van der Waals surface area (Å²) in [5.74, 6) is 0.844. The van der Waals surface area contributed by atoms with E-state index in [4.69, 9.17) is 4.74 Å². The molecule has 3 rings (SSSR count). The van der Waals surface area contributed by atoms with Crippen molar-refractivity contribution in [2.45, 2.75) is 58.7 Å². The topological polar surface area (TPSA) is 50.6 Å². The van der Waals surface area contributed by atoms with Gasteiger partial charge in [0.25, 0.3) is 5.91 Å². The minimum absolute atomic E-state index is 0.148. The first-order valence-electron chi connectivity index (χ1n) is 9.68. The Balaban J connectivity index is 1.46. The summed E-state index contributed by atoms with van der Waals surface area (Å²) in [5, 5.41) is 4.42. The van der Waals surface area contributed by atoms with Gasteiger partial charge < -0.3 is 9.64 Å². The maximum atomic E-state index is 12.6. The number of rotatable bonds is 7. The van der Waals surface area contributed by atoms with E-state index in [1.54, 1.807) is 0 Å². The monoisotopic (exact) mass is 348 g/mol. The molecule has 0 N–H and O–H groups in total. The molecule has 1 saturated heterocycles.